The van der Waals surface area contributed by atoms with E-state index in [1.54, 1.807) is 35.1 Å². The lowest BCUT2D eigenvalue weighted by Crippen LogP contribution is -2.14. The first-order valence-electron chi connectivity index (χ1n) is 8.39. The van der Waals surface area contributed by atoms with Crippen LogP contribution < -0.4 is 5.73 Å². The van der Waals surface area contributed by atoms with Gasteiger partial charge in [0.15, 0.2) is 5.65 Å². The Hall–Kier alpha value is -3.82. The van der Waals surface area contributed by atoms with Crippen LogP contribution in [0.25, 0.3) is 22.6 Å². The minimum atomic E-state index is -0.500. The van der Waals surface area contributed by atoms with Gasteiger partial charge < -0.3 is 10.5 Å². The summed E-state index contributed by atoms with van der Waals surface area (Å²) >= 11 is 0. The molecular formula is C18H16FN7O2. The molecule has 0 amide bonds. The summed E-state index contributed by atoms with van der Waals surface area (Å²) in [6, 6.07) is 10.0. The number of esters is 1. The standard InChI is InChI=1S/C18H16FN7O2/c1-28-14(27)10-26-18(20)22-16(24-26)15-12-6-4-8-21-17(12)25(23-15)9-11-5-2-3-7-13(11)19/h2-8H,9-10H2,1H3,(H2,20,22,24). The van der Waals surface area contributed by atoms with E-state index in [0.29, 0.717) is 22.3 Å². The summed E-state index contributed by atoms with van der Waals surface area (Å²) in [5.41, 5.74) is 7.34. The fourth-order valence-corrected chi connectivity index (χ4v) is 2.83. The van der Waals surface area contributed by atoms with Crippen molar-refractivity contribution in [2.45, 2.75) is 13.1 Å². The molecule has 0 bridgehead atoms. The quantitative estimate of drug-likeness (QED) is 0.523. The summed E-state index contributed by atoms with van der Waals surface area (Å²) in [6.07, 6.45) is 1.63. The first-order valence-corrected chi connectivity index (χ1v) is 8.39. The van der Waals surface area contributed by atoms with Crippen LogP contribution >= 0.6 is 0 Å². The van der Waals surface area contributed by atoms with Crippen molar-refractivity contribution in [3.05, 3.63) is 54.0 Å². The molecule has 0 aliphatic rings. The van der Waals surface area contributed by atoms with Crippen LogP contribution in [0.1, 0.15) is 5.56 Å². The number of aromatic nitrogens is 6. The zero-order valence-electron chi connectivity index (χ0n) is 14.9. The second-order valence-electron chi connectivity index (χ2n) is 6.00. The number of nitrogens with zero attached hydrogens (tertiary/aromatic N) is 6. The van der Waals surface area contributed by atoms with Crippen LogP contribution in [0.4, 0.5) is 10.3 Å². The number of ether oxygens (including phenoxy) is 1. The molecule has 2 N–H and O–H groups in total. The maximum absolute atomic E-state index is 14.1. The van der Waals surface area contributed by atoms with E-state index < -0.39 is 5.97 Å². The van der Waals surface area contributed by atoms with Crippen molar-refractivity contribution in [2.75, 3.05) is 12.8 Å². The number of carbonyl (C=O) groups excluding carboxylic acids is 1. The van der Waals surface area contributed by atoms with E-state index in [1.165, 1.54) is 17.9 Å². The molecule has 0 spiro atoms. The molecule has 3 heterocycles. The van der Waals surface area contributed by atoms with Gasteiger partial charge in [-0.3, -0.25) is 4.79 Å². The minimum Gasteiger partial charge on any atom is -0.468 e. The van der Waals surface area contributed by atoms with Crippen LogP contribution in [0, 0.1) is 5.82 Å². The zero-order valence-corrected chi connectivity index (χ0v) is 14.9. The summed E-state index contributed by atoms with van der Waals surface area (Å²) in [7, 11) is 1.28. The normalized spacial score (nSPS) is 11.1. The number of nitrogens with two attached hydrogens (primary N) is 1. The highest BCUT2D eigenvalue weighted by molar-refractivity contribution is 5.89. The molecule has 9 nitrogen and oxygen atoms in total. The highest BCUT2D eigenvalue weighted by Gasteiger charge is 2.20. The molecule has 0 aliphatic heterocycles. The molecule has 0 saturated heterocycles. The van der Waals surface area contributed by atoms with Gasteiger partial charge in [0.2, 0.25) is 11.8 Å². The molecule has 4 aromatic rings. The van der Waals surface area contributed by atoms with E-state index in [2.05, 4.69) is 24.9 Å². The Morgan fingerprint density at radius 1 is 1.18 bits per heavy atom. The molecule has 0 radical (unpaired) electrons. The van der Waals surface area contributed by atoms with Crippen molar-refractivity contribution in [2.24, 2.45) is 0 Å². The first-order chi connectivity index (χ1) is 13.6. The van der Waals surface area contributed by atoms with Crippen molar-refractivity contribution >= 4 is 23.0 Å². The molecule has 10 heteroatoms. The third kappa shape index (κ3) is 3.15. The van der Waals surface area contributed by atoms with E-state index in [9.17, 15) is 9.18 Å². The molecule has 142 valence electrons. The summed E-state index contributed by atoms with van der Waals surface area (Å²) in [6.45, 7) is 0.0278. The van der Waals surface area contributed by atoms with Crippen LogP contribution in [-0.2, 0) is 22.6 Å². The number of carbonyl (C=O) groups is 1. The van der Waals surface area contributed by atoms with Crippen LogP contribution in [0.2, 0.25) is 0 Å². The molecule has 1 aromatic carbocycles. The highest BCUT2D eigenvalue weighted by Crippen LogP contribution is 2.26. The number of pyridine rings is 1. The average molecular weight is 381 g/mol. The Morgan fingerprint density at radius 2 is 2.00 bits per heavy atom. The van der Waals surface area contributed by atoms with Gasteiger partial charge in [0.1, 0.15) is 18.1 Å². The van der Waals surface area contributed by atoms with E-state index in [4.69, 9.17) is 5.73 Å². The number of benzene rings is 1. The second-order valence-corrected chi connectivity index (χ2v) is 6.00. The van der Waals surface area contributed by atoms with Crippen LogP contribution in [0.3, 0.4) is 0 Å². The van der Waals surface area contributed by atoms with Crippen LogP contribution in [0.5, 0.6) is 0 Å². The largest absolute Gasteiger partial charge is 0.468 e. The molecule has 0 aliphatic carbocycles. The fourth-order valence-electron chi connectivity index (χ4n) is 2.83. The summed E-state index contributed by atoms with van der Waals surface area (Å²) in [4.78, 5) is 20.1. The van der Waals surface area contributed by atoms with Gasteiger partial charge in [0.25, 0.3) is 0 Å². The van der Waals surface area contributed by atoms with Crippen molar-refractivity contribution in [3.8, 4) is 11.5 Å². The average Bonchev–Trinajstić information content (AvgIpc) is 3.24. The topological polar surface area (TPSA) is 114 Å². The lowest BCUT2D eigenvalue weighted by molar-refractivity contribution is -0.141. The molecule has 4 rings (SSSR count). The Kier molecular flexibility index (Phi) is 4.44. The van der Waals surface area contributed by atoms with Crippen LogP contribution in [0.15, 0.2) is 42.6 Å². The van der Waals surface area contributed by atoms with Gasteiger partial charge >= 0.3 is 5.97 Å². The molecule has 0 fully saturated rings. The predicted molar refractivity (Wildman–Crippen MR) is 98.5 cm³/mol. The number of hydrogen-bond acceptors (Lipinski definition) is 7. The second kappa shape index (κ2) is 7.06. The van der Waals surface area contributed by atoms with Crippen molar-refractivity contribution in [1.82, 2.24) is 29.5 Å². The number of rotatable bonds is 5. The number of fused-ring (bicyclic) bond motifs is 1. The third-order valence-electron chi connectivity index (χ3n) is 4.20. The van der Waals surface area contributed by atoms with Gasteiger partial charge in [0, 0.05) is 11.8 Å². The lowest BCUT2D eigenvalue weighted by Gasteiger charge is -2.04. The smallest absolute Gasteiger partial charge is 0.327 e. The molecular weight excluding hydrogens is 365 g/mol. The zero-order chi connectivity index (χ0) is 19.7. The Bertz CT molecular complexity index is 1170. The van der Waals surface area contributed by atoms with E-state index in [0.717, 1.165) is 0 Å². The molecule has 0 unspecified atom stereocenters. The van der Waals surface area contributed by atoms with Gasteiger partial charge in [-0.25, -0.2) is 18.7 Å². The number of nitrogen functional groups attached to an aromatic ring is 1. The van der Waals surface area contributed by atoms with Gasteiger partial charge in [-0.05, 0) is 18.2 Å². The van der Waals surface area contributed by atoms with Crippen molar-refractivity contribution < 1.29 is 13.9 Å². The van der Waals surface area contributed by atoms with Crippen molar-refractivity contribution in [3.63, 3.8) is 0 Å². The van der Waals surface area contributed by atoms with E-state index >= 15 is 0 Å². The molecule has 0 atom stereocenters. The van der Waals surface area contributed by atoms with Gasteiger partial charge in [-0.15, -0.1) is 5.10 Å². The van der Waals surface area contributed by atoms with E-state index in [-0.39, 0.29) is 30.7 Å². The Balaban J connectivity index is 1.78. The number of anilines is 1. The van der Waals surface area contributed by atoms with Gasteiger partial charge in [-0.1, -0.05) is 18.2 Å². The third-order valence-corrected chi connectivity index (χ3v) is 4.20. The number of halogens is 1. The SMILES string of the molecule is COC(=O)Cn1nc(-c2nn(Cc3ccccc3F)c3ncccc23)nc1N. The maximum Gasteiger partial charge on any atom is 0.327 e. The minimum absolute atomic E-state index is 0.0566. The summed E-state index contributed by atoms with van der Waals surface area (Å²) in [5.74, 6) is -0.527. The van der Waals surface area contributed by atoms with Crippen molar-refractivity contribution in [1.29, 1.82) is 0 Å². The predicted octanol–water partition coefficient (Wildman–Crippen LogP) is 1.63. The highest BCUT2D eigenvalue weighted by atomic mass is 19.1. The fraction of sp³-hybridized carbons (Fsp3) is 0.167. The van der Waals surface area contributed by atoms with E-state index in [1.807, 2.05) is 6.07 Å². The van der Waals surface area contributed by atoms with Gasteiger partial charge in [0.05, 0.1) is 19.0 Å². The number of hydrogen-bond donors (Lipinski definition) is 1. The summed E-state index contributed by atoms with van der Waals surface area (Å²) < 4.78 is 21.5. The first kappa shape index (κ1) is 17.6. The molecule has 28 heavy (non-hydrogen) atoms. The lowest BCUT2D eigenvalue weighted by atomic mass is 10.2. The van der Waals surface area contributed by atoms with Crippen LogP contribution in [-0.4, -0.2) is 42.6 Å². The Labute approximate surface area is 158 Å². The summed E-state index contributed by atoms with van der Waals surface area (Å²) in [5, 5.41) is 9.47. The van der Waals surface area contributed by atoms with Gasteiger partial charge in [-0.2, -0.15) is 10.1 Å². The maximum atomic E-state index is 14.1. The number of methoxy groups -OCH3 is 1. The Morgan fingerprint density at radius 3 is 2.79 bits per heavy atom. The molecule has 0 saturated carbocycles. The molecule has 3 aromatic heterocycles. The monoisotopic (exact) mass is 381 g/mol.